The van der Waals surface area contributed by atoms with Crippen LogP contribution in [0.3, 0.4) is 0 Å². The third-order valence-electron chi connectivity index (χ3n) is 11.4. The highest BCUT2D eigenvalue weighted by atomic mass is 16.6. The number of aliphatic hydroxyl groups is 3. The number of ether oxygens (including phenoxy) is 2. The molecular weight excluding hydrogens is 893 g/mol. The first kappa shape index (κ1) is 60.4. The third-order valence-corrected chi connectivity index (χ3v) is 11.4. The molecule has 0 spiro atoms. The second-order valence-corrected chi connectivity index (χ2v) is 18.3. The molecule has 4 unspecified atom stereocenters. The topological polar surface area (TPSA) is 276 Å². The Morgan fingerprint density at radius 3 is 1.25 bits per heavy atom. The first-order valence-electron chi connectivity index (χ1n) is 22.0. The molecule has 2 rings (SSSR count). The summed E-state index contributed by atoms with van der Waals surface area (Å²) in [4.78, 5) is 96.1. The smallest absolute Gasteiger partial charge is 0.336 e. The zero-order chi connectivity index (χ0) is 53.1. The van der Waals surface area contributed by atoms with Gasteiger partial charge in [0, 0.05) is 26.4 Å². The van der Waals surface area contributed by atoms with Gasteiger partial charge in [-0.15, -0.1) is 0 Å². The fourth-order valence-corrected chi connectivity index (χ4v) is 7.47. The second kappa shape index (κ2) is 26.8. The summed E-state index contributed by atoms with van der Waals surface area (Å²) >= 11 is 0. The van der Waals surface area contributed by atoms with Crippen LogP contribution in [0.2, 0.25) is 0 Å². The summed E-state index contributed by atoms with van der Waals surface area (Å²) in [7, 11) is 1.00. The zero-order valence-corrected chi connectivity index (χ0v) is 41.3. The van der Waals surface area contributed by atoms with E-state index in [4.69, 9.17) is 19.7 Å². The third kappa shape index (κ3) is 18.8. The Bertz CT molecular complexity index is 2330. The molecule has 0 fully saturated rings. The van der Waals surface area contributed by atoms with Gasteiger partial charge in [0.25, 0.3) is 0 Å². The summed E-state index contributed by atoms with van der Waals surface area (Å²) in [6, 6.07) is 0. The van der Waals surface area contributed by atoms with Crippen molar-refractivity contribution in [3.05, 3.63) is 130 Å². The fraction of sp³-hybridized carbons (Fsp3) is 0.434. The van der Waals surface area contributed by atoms with Gasteiger partial charge in [-0.3, -0.25) is 24.0 Å². The van der Waals surface area contributed by atoms with Crippen molar-refractivity contribution >= 4 is 47.7 Å². The maximum Gasteiger partial charge on any atom is 0.336 e. The van der Waals surface area contributed by atoms with Gasteiger partial charge in [-0.1, -0.05) is 135 Å². The second-order valence-electron chi connectivity index (χ2n) is 18.3. The Balaban J connectivity index is 0.0000117. The molecule has 2 aliphatic rings. The van der Waals surface area contributed by atoms with Crippen LogP contribution in [0, 0.1) is 10.8 Å². The van der Waals surface area contributed by atoms with Crippen LogP contribution >= 0.6 is 0 Å². The van der Waals surface area contributed by atoms with E-state index >= 15 is 0 Å². The molecule has 16 nitrogen and oxygen atoms in total. The van der Waals surface area contributed by atoms with E-state index in [2.05, 4.69) is 0 Å². The number of hydrogen-bond donors (Lipinski definition) is 6. The molecule has 0 amide bonds. The number of carboxylic acid groups (broad SMARTS) is 3. The first-order chi connectivity index (χ1) is 32.0. The summed E-state index contributed by atoms with van der Waals surface area (Å²) < 4.78 is 10.6. The van der Waals surface area contributed by atoms with E-state index in [1.54, 1.807) is 13.8 Å². The van der Waals surface area contributed by atoms with Crippen LogP contribution in [0.15, 0.2) is 130 Å². The zero-order valence-electron chi connectivity index (χ0n) is 41.3. The number of hydrogen-bond acceptors (Lipinski definition) is 13. The number of carboxylic acids is 3. The number of allylic oxidation sites excluding steroid dienone is 20. The fourth-order valence-electron chi connectivity index (χ4n) is 7.47. The minimum atomic E-state index is -2.87. The van der Waals surface area contributed by atoms with Crippen LogP contribution in [-0.4, -0.2) is 109 Å². The molecule has 376 valence electrons. The van der Waals surface area contributed by atoms with E-state index in [1.165, 1.54) is 0 Å². The number of carbonyl (C=O) groups excluding carboxylic acids is 5. The van der Waals surface area contributed by atoms with Crippen LogP contribution < -0.4 is 0 Å². The number of carbonyl (C=O) groups is 8. The number of ketones is 2. The summed E-state index contributed by atoms with van der Waals surface area (Å²) in [5.74, 6) is -8.43. The Morgan fingerprint density at radius 1 is 0.580 bits per heavy atom. The molecule has 0 radical (unpaired) electrons. The summed E-state index contributed by atoms with van der Waals surface area (Å²) in [5.41, 5.74) is -0.661. The van der Waals surface area contributed by atoms with E-state index in [9.17, 15) is 58.8 Å². The van der Waals surface area contributed by atoms with Gasteiger partial charge in [0.05, 0.1) is 19.3 Å². The first-order valence-corrected chi connectivity index (χ1v) is 22.0. The van der Waals surface area contributed by atoms with Crippen LogP contribution in [0.1, 0.15) is 108 Å². The predicted octanol–water partition coefficient (Wildman–Crippen LogP) is 7.09. The van der Waals surface area contributed by atoms with Crippen molar-refractivity contribution in [3.8, 4) is 0 Å². The quantitative estimate of drug-likeness (QED) is 0.0359. The molecule has 6 N–H and O–H groups in total. The molecule has 69 heavy (non-hydrogen) atoms. The lowest BCUT2D eigenvalue weighted by molar-refractivity contribution is -0.174. The van der Waals surface area contributed by atoms with E-state index in [0.29, 0.717) is 11.1 Å². The molecule has 0 aliphatic heterocycles. The van der Waals surface area contributed by atoms with Crippen molar-refractivity contribution in [2.75, 3.05) is 7.11 Å². The number of Topliss-reactive ketones (excluding diaryl/α,β-unsaturated/α-hetero) is 2. The maximum atomic E-state index is 13.2. The van der Waals surface area contributed by atoms with Gasteiger partial charge >= 0.3 is 29.8 Å². The summed E-state index contributed by atoms with van der Waals surface area (Å²) in [6.45, 7) is 18.5. The molecule has 16 heteroatoms. The Hall–Kier alpha value is -6.62. The van der Waals surface area contributed by atoms with Gasteiger partial charge in [0.1, 0.15) is 6.29 Å². The van der Waals surface area contributed by atoms with Crippen molar-refractivity contribution in [3.63, 3.8) is 0 Å². The molecule has 0 saturated carbocycles. The van der Waals surface area contributed by atoms with Gasteiger partial charge in [-0.05, 0) is 74.7 Å². The summed E-state index contributed by atoms with van der Waals surface area (Å²) in [6.07, 6.45) is 20.6. The lowest BCUT2D eigenvalue weighted by Gasteiger charge is -2.36. The lowest BCUT2D eigenvalue weighted by atomic mass is 9.71. The van der Waals surface area contributed by atoms with Crippen LogP contribution in [0.25, 0.3) is 0 Å². The highest BCUT2D eigenvalue weighted by molar-refractivity contribution is 6.03. The van der Waals surface area contributed by atoms with Crippen molar-refractivity contribution in [2.24, 2.45) is 10.8 Å². The number of aldehydes is 1. The molecule has 2 aliphatic carbocycles. The SMILES string of the molecule is CC1=C(/C=C/C(C)=C/C=C/C(C)=C/C=C/C=C(C)/C=C/C=C(C)/C=C/C2=C(C)C(=O)C(OC(=O)CC(O)(CC(=O)O)C(=O)O)CC2(C)C)C(C)(C)CC(OC(=O)CC(O)(CC=O)C(=O)O)C1=O.CO. The molecular formula is C53H68O16. The van der Waals surface area contributed by atoms with Gasteiger partial charge in [-0.25, -0.2) is 9.59 Å². The van der Waals surface area contributed by atoms with Gasteiger partial charge in [0.2, 0.25) is 0 Å². The lowest BCUT2D eigenvalue weighted by Crippen LogP contribution is -2.45. The highest BCUT2D eigenvalue weighted by Crippen LogP contribution is 2.42. The van der Waals surface area contributed by atoms with E-state index in [-0.39, 0.29) is 19.1 Å². The van der Waals surface area contributed by atoms with Crippen molar-refractivity contribution in [1.82, 2.24) is 0 Å². The van der Waals surface area contributed by atoms with Crippen LogP contribution in [-0.2, 0) is 47.8 Å². The normalized spacial score (nSPS) is 21.1. The molecule has 4 atom stereocenters. The van der Waals surface area contributed by atoms with Crippen molar-refractivity contribution < 1.29 is 78.5 Å². The molecule has 0 bridgehead atoms. The standard InChI is InChI=1S/C52H64O15.CH4O/c1-32(17-13-19-34(3)21-23-38-36(5)45(58)40(27-49(38,7)8)66-43(56)30-51(64,25-26-53)47(60)61)15-11-12-16-33(2)18-14-20-35(4)22-24-39-37(6)46(59)41(28-50(39,9)10)67-44(57)31-52(65,48(62)63)29-42(54)55;1-2/h11-24,26,40-41,64-65H,25,27-31H2,1-10H3,(H,54,55)(H,60,61)(H,62,63);2H,1H3/b12-11+,17-13+,18-14+,23-21+,24-22+,32-15+,33-16+,34-19+,35-20+;. The molecule has 0 saturated heterocycles. The summed E-state index contributed by atoms with van der Waals surface area (Å²) in [5, 5.41) is 54.9. The van der Waals surface area contributed by atoms with E-state index in [0.717, 1.165) is 40.5 Å². The minimum Gasteiger partial charge on any atom is -0.481 e. The molecule has 0 aromatic rings. The maximum absolute atomic E-state index is 13.2. The van der Waals surface area contributed by atoms with Gasteiger partial charge in [0.15, 0.2) is 35.0 Å². The average Bonchev–Trinajstić information content (AvgIpc) is 3.23. The van der Waals surface area contributed by atoms with Crippen molar-refractivity contribution in [1.29, 1.82) is 0 Å². The van der Waals surface area contributed by atoms with E-state index < -0.39 is 101 Å². The Morgan fingerprint density at radius 2 is 0.913 bits per heavy atom. The minimum absolute atomic E-state index is 0.0944. The Labute approximate surface area is 403 Å². The number of aliphatic carboxylic acids is 3. The molecule has 0 heterocycles. The number of esters is 2. The predicted molar refractivity (Wildman–Crippen MR) is 258 cm³/mol. The monoisotopic (exact) mass is 960 g/mol. The largest absolute Gasteiger partial charge is 0.481 e. The number of rotatable bonds is 22. The van der Waals surface area contributed by atoms with Gasteiger partial charge in [-0.2, -0.15) is 0 Å². The number of aliphatic hydroxyl groups excluding tert-OH is 1. The van der Waals surface area contributed by atoms with E-state index in [1.807, 2.05) is 140 Å². The van der Waals surface area contributed by atoms with Crippen molar-refractivity contribution in [2.45, 2.75) is 131 Å². The van der Waals surface area contributed by atoms with Crippen LogP contribution in [0.4, 0.5) is 0 Å². The average molecular weight is 961 g/mol. The molecule has 0 aromatic heterocycles. The van der Waals surface area contributed by atoms with Crippen LogP contribution in [0.5, 0.6) is 0 Å². The highest BCUT2D eigenvalue weighted by Gasteiger charge is 2.45. The Kier molecular flexibility index (Phi) is 23.5. The van der Waals surface area contributed by atoms with Gasteiger partial charge < -0.3 is 44.9 Å². The molecule has 0 aromatic carbocycles.